The summed E-state index contributed by atoms with van der Waals surface area (Å²) in [7, 11) is 0. The van der Waals surface area contributed by atoms with E-state index in [9.17, 15) is 9.90 Å². The van der Waals surface area contributed by atoms with E-state index in [4.69, 9.17) is 4.74 Å². The lowest BCUT2D eigenvalue weighted by molar-refractivity contribution is 0.132. The van der Waals surface area contributed by atoms with Gasteiger partial charge < -0.3 is 9.84 Å². The molecule has 3 aromatic rings. The average molecular weight is 373 g/mol. The number of nitrogens with zero attached hydrogens (tertiary/aromatic N) is 1. The van der Waals surface area contributed by atoms with Gasteiger partial charge in [0.1, 0.15) is 5.75 Å². The fraction of sp³-hybridized carbons (Fsp3) is 0.208. The third-order valence-electron chi connectivity index (χ3n) is 5.21. The summed E-state index contributed by atoms with van der Waals surface area (Å²) in [6.07, 6.45) is 2.15. The van der Waals surface area contributed by atoms with Crippen molar-refractivity contribution in [2.24, 2.45) is 5.92 Å². The SMILES string of the molecule is O=C(OCC1CCc2c(O)cccc2C1)N(c1ccccc1)c1ccccc1. The first-order valence-corrected chi connectivity index (χ1v) is 9.59. The van der Waals surface area contributed by atoms with Crippen LogP contribution in [0.25, 0.3) is 0 Å². The van der Waals surface area contributed by atoms with Crippen molar-refractivity contribution < 1.29 is 14.6 Å². The molecule has 0 radical (unpaired) electrons. The van der Waals surface area contributed by atoms with Crippen molar-refractivity contribution in [3.05, 3.63) is 90.0 Å². The zero-order valence-electron chi connectivity index (χ0n) is 15.6. The third kappa shape index (κ3) is 3.86. The van der Waals surface area contributed by atoms with Gasteiger partial charge in [-0.05, 0) is 66.6 Å². The Bertz CT molecular complexity index is 901. The van der Waals surface area contributed by atoms with Gasteiger partial charge in [-0.15, -0.1) is 0 Å². The number of hydrogen-bond donors (Lipinski definition) is 1. The summed E-state index contributed by atoms with van der Waals surface area (Å²) < 4.78 is 5.72. The summed E-state index contributed by atoms with van der Waals surface area (Å²) in [5.74, 6) is 0.624. The maximum atomic E-state index is 13.0. The first-order chi connectivity index (χ1) is 13.7. The lowest BCUT2D eigenvalue weighted by Crippen LogP contribution is -2.29. The molecule has 142 valence electrons. The summed E-state index contributed by atoms with van der Waals surface area (Å²) in [5.41, 5.74) is 3.73. The van der Waals surface area contributed by atoms with E-state index >= 15 is 0 Å². The van der Waals surface area contributed by atoms with E-state index in [1.807, 2.05) is 72.8 Å². The number of carbonyl (C=O) groups excluding carboxylic acids is 1. The molecule has 1 amide bonds. The molecule has 0 saturated heterocycles. The molecule has 0 aliphatic heterocycles. The molecule has 1 unspecified atom stereocenters. The summed E-state index contributed by atoms with van der Waals surface area (Å²) in [4.78, 5) is 14.5. The molecule has 0 saturated carbocycles. The number of aromatic hydroxyl groups is 1. The van der Waals surface area contributed by atoms with Crippen molar-refractivity contribution in [2.75, 3.05) is 11.5 Å². The van der Waals surface area contributed by atoms with E-state index in [2.05, 4.69) is 0 Å². The smallest absolute Gasteiger partial charge is 0.418 e. The Morgan fingerprint density at radius 3 is 2.21 bits per heavy atom. The molecule has 1 aliphatic carbocycles. The monoisotopic (exact) mass is 373 g/mol. The summed E-state index contributed by atoms with van der Waals surface area (Å²) in [6.45, 7) is 0.365. The lowest BCUT2D eigenvalue weighted by Gasteiger charge is -2.27. The van der Waals surface area contributed by atoms with Gasteiger partial charge in [0.2, 0.25) is 0 Å². The number of benzene rings is 3. The zero-order chi connectivity index (χ0) is 19.3. The molecule has 1 N–H and O–H groups in total. The van der Waals surface area contributed by atoms with E-state index in [1.165, 1.54) is 0 Å². The topological polar surface area (TPSA) is 49.8 Å². The Kier molecular flexibility index (Phi) is 5.29. The fourth-order valence-corrected chi connectivity index (χ4v) is 3.77. The van der Waals surface area contributed by atoms with Gasteiger partial charge in [0, 0.05) is 0 Å². The number of amides is 1. The van der Waals surface area contributed by atoms with E-state index in [1.54, 1.807) is 11.0 Å². The van der Waals surface area contributed by atoms with Gasteiger partial charge in [0.05, 0.1) is 18.0 Å². The van der Waals surface area contributed by atoms with Gasteiger partial charge in [0.25, 0.3) is 0 Å². The van der Waals surface area contributed by atoms with Gasteiger partial charge in [0.15, 0.2) is 0 Å². The Balaban J connectivity index is 1.47. The van der Waals surface area contributed by atoms with E-state index in [-0.39, 0.29) is 12.0 Å². The third-order valence-corrected chi connectivity index (χ3v) is 5.21. The van der Waals surface area contributed by atoms with Gasteiger partial charge >= 0.3 is 6.09 Å². The molecule has 0 bridgehead atoms. The van der Waals surface area contributed by atoms with Crippen molar-refractivity contribution in [1.82, 2.24) is 0 Å². The molecule has 3 aromatic carbocycles. The van der Waals surface area contributed by atoms with Crippen molar-refractivity contribution in [3.63, 3.8) is 0 Å². The van der Waals surface area contributed by atoms with E-state index in [0.717, 1.165) is 41.8 Å². The summed E-state index contributed by atoms with van der Waals surface area (Å²) in [6, 6.07) is 24.7. The van der Waals surface area contributed by atoms with Crippen LogP contribution in [0.3, 0.4) is 0 Å². The number of phenolic OH excluding ortho intramolecular Hbond substituents is 1. The van der Waals surface area contributed by atoms with Crippen molar-refractivity contribution in [3.8, 4) is 5.75 Å². The second kappa shape index (κ2) is 8.17. The minimum atomic E-state index is -0.376. The molecule has 28 heavy (non-hydrogen) atoms. The van der Waals surface area contributed by atoms with Crippen molar-refractivity contribution >= 4 is 17.5 Å². The van der Waals surface area contributed by atoms with E-state index < -0.39 is 0 Å². The molecular weight excluding hydrogens is 350 g/mol. The van der Waals surface area contributed by atoms with Gasteiger partial charge in [-0.1, -0.05) is 48.5 Å². The Morgan fingerprint density at radius 2 is 1.57 bits per heavy atom. The lowest BCUT2D eigenvalue weighted by atomic mass is 9.84. The molecule has 0 aromatic heterocycles. The first-order valence-electron chi connectivity index (χ1n) is 9.59. The minimum Gasteiger partial charge on any atom is -0.508 e. The Labute approximate surface area is 165 Å². The second-order valence-electron chi connectivity index (χ2n) is 7.11. The zero-order valence-corrected chi connectivity index (χ0v) is 15.6. The van der Waals surface area contributed by atoms with Crippen LogP contribution >= 0.6 is 0 Å². The molecular formula is C24H23NO3. The molecule has 4 nitrogen and oxygen atoms in total. The molecule has 0 heterocycles. The van der Waals surface area contributed by atoms with Crippen LogP contribution in [0.4, 0.5) is 16.2 Å². The van der Waals surface area contributed by atoms with E-state index in [0.29, 0.717) is 12.4 Å². The van der Waals surface area contributed by atoms with Crippen LogP contribution in [-0.4, -0.2) is 17.8 Å². The first kappa shape index (κ1) is 18.1. The Hall–Kier alpha value is -3.27. The number of anilines is 2. The molecule has 0 fully saturated rings. The normalized spacial score (nSPS) is 15.5. The highest BCUT2D eigenvalue weighted by Gasteiger charge is 2.24. The molecule has 1 atom stereocenters. The second-order valence-corrected chi connectivity index (χ2v) is 7.11. The predicted octanol–water partition coefficient (Wildman–Crippen LogP) is 5.47. The number of phenols is 1. The Morgan fingerprint density at radius 1 is 0.929 bits per heavy atom. The van der Waals surface area contributed by atoms with Crippen molar-refractivity contribution in [1.29, 1.82) is 0 Å². The van der Waals surface area contributed by atoms with Gasteiger partial charge in [-0.2, -0.15) is 0 Å². The van der Waals surface area contributed by atoms with Crippen LogP contribution in [-0.2, 0) is 17.6 Å². The largest absolute Gasteiger partial charge is 0.508 e. The van der Waals surface area contributed by atoms with Crippen molar-refractivity contribution in [2.45, 2.75) is 19.3 Å². The fourth-order valence-electron chi connectivity index (χ4n) is 3.77. The molecule has 0 spiro atoms. The highest BCUT2D eigenvalue weighted by molar-refractivity contribution is 5.95. The number of carbonyl (C=O) groups is 1. The summed E-state index contributed by atoms with van der Waals surface area (Å²) in [5, 5.41) is 9.99. The predicted molar refractivity (Wildman–Crippen MR) is 110 cm³/mol. The van der Waals surface area contributed by atoms with Crippen LogP contribution in [0, 0.1) is 5.92 Å². The van der Waals surface area contributed by atoms with Gasteiger partial charge in [-0.25, -0.2) is 9.69 Å². The van der Waals surface area contributed by atoms with Gasteiger partial charge in [-0.3, -0.25) is 0 Å². The number of hydrogen-bond acceptors (Lipinski definition) is 3. The maximum Gasteiger partial charge on any atom is 0.418 e. The van der Waals surface area contributed by atoms with Crippen LogP contribution in [0.15, 0.2) is 78.9 Å². The van der Waals surface area contributed by atoms with Crippen LogP contribution in [0.5, 0.6) is 5.75 Å². The number of para-hydroxylation sites is 2. The standard InChI is InChI=1S/C24H23NO3/c26-23-13-7-8-19-16-18(14-15-22(19)23)17-28-24(27)25(20-9-3-1-4-10-20)21-11-5-2-6-12-21/h1-13,18,26H,14-17H2. The summed E-state index contributed by atoms with van der Waals surface area (Å²) >= 11 is 0. The number of ether oxygens (including phenoxy) is 1. The molecule has 1 aliphatic rings. The van der Waals surface area contributed by atoms with Crippen LogP contribution < -0.4 is 4.90 Å². The average Bonchev–Trinajstić information content (AvgIpc) is 2.74. The van der Waals surface area contributed by atoms with Crippen LogP contribution in [0.2, 0.25) is 0 Å². The minimum absolute atomic E-state index is 0.256. The quantitative estimate of drug-likeness (QED) is 0.659. The van der Waals surface area contributed by atoms with Crippen LogP contribution in [0.1, 0.15) is 17.5 Å². The number of fused-ring (bicyclic) bond motifs is 1. The molecule has 4 rings (SSSR count). The maximum absolute atomic E-state index is 13.0. The number of rotatable bonds is 4. The molecule has 4 heteroatoms. The highest BCUT2D eigenvalue weighted by atomic mass is 16.6. The highest BCUT2D eigenvalue weighted by Crippen LogP contribution is 2.32.